The van der Waals surface area contributed by atoms with E-state index >= 15 is 0 Å². The third-order valence-electron chi connectivity index (χ3n) is 1.58. The van der Waals surface area contributed by atoms with Crippen LogP contribution in [0.2, 0.25) is 0 Å². The molecule has 14 heavy (non-hydrogen) atoms. The van der Waals surface area contributed by atoms with Crippen LogP contribution in [0.5, 0.6) is 0 Å². The summed E-state index contributed by atoms with van der Waals surface area (Å²) in [6.45, 7) is 1.38. The van der Waals surface area contributed by atoms with Crippen molar-refractivity contribution in [1.82, 2.24) is 0 Å². The summed E-state index contributed by atoms with van der Waals surface area (Å²) >= 11 is 0. The minimum absolute atomic E-state index is 0.105. The van der Waals surface area contributed by atoms with Gasteiger partial charge in [0.05, 0.1) is 0 Å². The second-order valence-electron chi connectivity index (χ2n) is 2.47. The van der Waals surface area contributed by atoms with Crippen molar-refractivity contribution in [3.63, 3.8) is 0 Å². The fourth-order valence-electron chi connectivity index (χ4n) is 0.805. The Morgan fingerprint density at radius 2 is 1.79 bits per heavy atom. The zero-order valence-electron chi connectivity index (χ0n) is 7.35. The van der Waals surface area contributed by atoms with Crippen molar-refractivity contribution in [3.8, 4) is 0 Å². The molecule has 1 N–H and O–H groups in total. The molecular formula is C8H8O6. The highest BCUT2D eigenvalue weighted by molar-refractivity contribution is 6.75. The van der Waals surface area contributed by atoms with Crippen LogP contribution in [0.1, 0.15) is 13.3 Å². The molecule has 0 radical (unpaired) electrons. The van der Waals surface area contributed by atoms with Crippen molar-refractivity contribution in [3.05, 3.63) is 0 Å². The summed E-state index contributed by atoms with van der Waals surface area (Å²) in [6, 6.07) is 0. The van der Waals surface area contributed by atoms with Gasteiger partial charge in [0.1, 0.15) is 5.92 Å². The highest BCUT2D eigenvalue weighted by atomic mass is 16.4. The summed E-state index contributed by atoms with van der Waals surface area (Å²) in [5.74, 6) is -7.48. The first-order valence-electron chi connectivity index (χ1n) is 3.76. The summed E-state index contributed by atoms with van der Waals surface area (Å²) in [7, 11) is 0. The van der Waals surface area contributed by atoms with E-state index in [2.05, 4.69) is 0 Å². The molecule has 0 heterocycles. The maximum atomic E-state index is 11.0. The van der Waals surface area contributed by atoms with Crippen molar-refractivity contribution < 1.29 is 29.1 Å². The number of carboxylic acids is 1. The fourth-order valence-corrected chi connectivity index (χ4v) is 0.805. The molecule has 1 unspecified atom stereocenters. The van der Waals surface area contributed by atoms with Gasteiger partial charge in [-0.25, -0.2) is 0 Å². The van der Waals surface area contributed by atoms with Gasteiger partial charge in [-0.2, -0.15) is 0 Å². The Bertz CT molecular complexity index is 303. The molecule has 0 saturated carbocycles. The molecule has 0 aliphatic heterocycles. The van der Waals surface area contributed by atoms with Crippen molar-refractivity contribution in [2.24, 2.45) is 5.92 Å². The van der Waals surface area contributed by atoms with Gasteiger partial charge in [-0.05, 0) is 6.42 Å². The van der Waals surface area contributed by atoms with E-state index in [4.69, 9.17) is 5.11 Å². The molecule has 0 rings (SSSR count). The molecule has 0 aromatic carbocycles. The number of rotatable bonds is 6. The average Bonchev–Trinajstić information content (AvgIpc) is 2.15. The van der Waals surface area contributed by atoms with Gasteiger partial charge in [0.2, 0.25) is 5.78 Å². The highest BCUT2D eigenvalue weighted by Gasteiger charge is 2.33. The summed E-state index contributed by atoms with van der Waals surface area (Å²) in [6.07, 6.45) is -0.416. The largest absolute Gasteiger partial charge is 0.481 e. The van der Waals surface area contributed by atoms with Gasteiger partial charge < -0.3 is 5.11 Å². The van der Waals surface area contributed by atoms with Gasteiger partial charge in [0.25, 0.3) is 11.6 Å². The van der Waals surface area contributed by atoms with Gasteiger partial charge in [0.15, 0.2) is 6.29 Å². The summed E-state index contributed by atoms with van der Waals surface area (Å²) in [4.78, 5) is 52.5. The maximum absolute atomic E-state index is 11.0. The molecule has 6 heteroatoms. The predicted molar refractivity (Wildman–Crippen MR) is 42.5 cm³/mol. The number of aliphatic carboxylic acids is 1. The third-order valence-corrected chi connectivity index (χ3v) is 1.58. The van der Waals surface area contributed by atoms with E-state index in [0.29, 0.717) is 0 Å². The molecule has 0 fully saturated rings. The smallest absolute Gasteiger partial charge is 0.314 e. The Labute approximate surface area is 78.9 Å². The second kappa shape index (κ2) is 5.00. The van der Waals surface area contributed by atoms with Crippen molar-refractivity contribution in [2.45, 2.75) is 13.3 Å². The Morgan fingerprint density at radius 1 is 1.29 bits per heavy atom. The molecule has 0 aliphatic carbocycles. The number of carbonyl (C=O) groups is 5. The first-order chi connectivity index (χ1) is 6.45. The van der Waals surface area contributed by atoms with Crippen LogP contribution in [0.15, 0.2) is 0 Å². The van der Waals surface area contributed by atoms with Gasteiger partial charge >= 0.3 is 5.97 Å². The van der Waals surface area contributed by atoms with E-state index in [1.165, 1.54) is 6.92 Å². The zero-order chi connectivity index (χ0) is 11.3. The molecule has 1 atom stereocenters. The van der Waals surface area contributed by atoms with Crippen LogP contribution in [0.3, 0.4) is 0 Å². The van der Waals surface area contributed by atoms with Gasteiger partial charge in [0, 0.05) is 0 Å². The zero-order valence-corrected chi connectivity index (χ0v) is 7.35. The lowest BCUT2D eigenvalue weighted by Crippen LogP contribution is -2.34. The van der Waals surface area contributed by atoms with Crippen LogP contribution in [-0.2, 0) is 24.0 Å². The number of ketones is 3. The minimum atomic E-state index is -1.57. The summed E-state index contributed by atoms with van der Waals surface area (Å²) in [5, 5.41) is 8.47. The molecule has 0 amide bonds. The first kappa shape index (κ1) is 12.2. The predicted octanol–water partition coefficient (Wildman–Crippen LogP) is -0.997. The standard InChI is InChI=1S/C8H8O6/c1-2-4(8(13)14)6(11)7(12)5(10)3-9/h3-4H,2H2,1H3,(H,13,14). The van der Waals surface area contributed by atoms with E-state index in [0.717, 1.165) is 0 Å². The lowest BCUT2D eigenvalue weighted by molar-refractivity contribution is -0.153. The van der Waals surface area contributed by atoms with E-state index in [1.807, 2.05) is 0 Å². The Morgan fingerprint density at radius 3 is 2.07 bits per heavy atom. The molecule has 0 spiro atoms. The number of carbonyl (C=O) groups excluding carboxylic acids is 4. The van der Waals surface area contributed by atoms with Crippen LogP contribution in [0, 0.1) is 5.92 Å². The Kier molecular flexibility index (Phi) is 4.34. The van der Waals surface area contributed by atoms with Crippen molar-refractivity contribution >= 4 is 29.6 Å². The minimum Gasteiger partial charge on any atom is -0.481 e. The fraction of sp³-hybridized carbons (Fsp3) is 0.375. The second-order valence-corrected chi connectivity index (χ2v) is 2.47. The summed E-state index contributed by atoms with van der Waals surface area (Å²) in [5.41, 5.74) is 0. The number of Topliss-reactive ketones (excluding diaryl/α,β-unsaturated/α-hetero) is 3. The first-order valence-corrected chi connectivity index (χ1v) is 3.76. The van der Waals surface area contributed by atoms with Crippen LogP contribution in [0.4, 0.5) is 0 Å². The van der Waals surface area contributed by atoms with Crippen LogP contribution >= 0.6 is 0 Å². The van der Waals surface area contributed by atoms with E-state index in [9.17, 15) is 24.0 Å². The van der Waals surface area contributed by atoms with Gasteiger partial charge in [-0.1, -0.05) is 6.92 Å². The molecule has 0 aromatic heterocycles. The van der Waals surface area contributed by atoms with Gasteiger partial charge in [-0.3, -0.25) is 24.0 Å². The van der Waals surface area contributed by atoms with Crippen LogP contribution in [0.25, 0.3) is 0 Å². The van der Waals surface area contributed by atoms with E-state index < -0.39 is 29.2 Å². The molecule has 0 aliphatic rings. The monoisotopic (exact) mass is 200 g/mol. The summed E-state index contributed by atoms with van der Waals surface area (Å²) < 4.78 is 0. The Hall–Kier alpha value is -1.85. The Balaban J connectivity index is 4.76. The lowest BCUT2D eigenvalue weighted by Gasteiger charge is -2.04. The molecule has 0 saturated heterocycles. The van der Waals surface area contributed by atoms with E-state index in [-0.39, 0.29) is 12.7 Å². The number of aldehydes is 1. The number of carboxylic acid groups (broad SMARTS) is 1. The molecule has 6 nitrogen and oxygen atoms in total. The van der Waals surface area contributed by atoms with Crippen LogP contribution < -0.4 is 0 Å². The van der Waals surface area contributed by atoms with Gasteiger partial charge in [-0.15, -0.1) is 0 Å². The number of hydrogen-bond donors (Lipinski definition) is 1. The highest BCUT2D eigenvalue weighted by Crippen LogP contribution is 2.05. The molecule has 0 bridgehead atoms. The molecule has 0 aromatic rings. The normalized spacial score (nSPS) is 11.5. The van der Waals surface area contributed by atoms with Crippen molar-refractivity contribution in [1.29, 1.82) is 0 Å². The van der Waals surface area contributed by atoms with E-state index in [1.54, 1.807) is 0 Å². The molecular weight excluding hydrogens is 192 g/mol. The maximum Gasteiger partial charge on any atom is 0.314 e. The van der Waals surface area contributed by atoms with Crippen LogP contribution in [-0.4, -0.2) is 34.7 Å². The SMILES string of the molecule is CCC(C(=O)O)C(=O)C(=O)C(=O)C=O. The number of hydrogen-bond acceptors (Lipinski definition) is 5. The van der Waals surface area contributed by atoms with Crippen molar-refractivity contribution in [2.75, 3.05) is 0 Å². The average molecular weight is 200 g/mol. The topological polar surface area (TPSA) is 106 Å². The lowest BCUT2D eigenvalue weighted by atomic mass is 9.97. The quantitative estimate of drug-likeness (QED) is 0.335. The third kappa shape index (κ3) is 2.58. The molecule has 76 valence electrons.